The van der Waals surface area contributed by atoms with Gasteiger partial charge in [0.15, 0.2) is 5.15 Å². The zero-order valence-electron chi connectivity index (χ0n) is 9.27. The molecule has 0 fully saturated rings. The molecule has 2 aromatic heterocycles. The molecule has 0 aliphatic carbocycles. The molecule has 3 nitrogen and oxygen atoms in total. The normalized spacial score (nSPS) is 11.2. The lowest BCUT2D eigenvalue weighted by Crippen LogP contribution is -1.98. The van der Waals surface area contributed by atoms with Gasteiger partial charge in [-0.1, -0.05) is 31.5 Å². The summed E-state index contributed by atoms with van der Waals surface area (Å²) in [5.41, 5.74) is 1.77. The Hall–Kier alpha value is -1.35. The van der Waals surface area contributed by atoms with Crippen molar-refractivity contribution in [1.82, 2.24) is 9.38 Å². The van der Waals surface area contributed by atoms with Crippen molar-refractivity contribution >= 4 is 23.4 Å². The van der Waals surface area contributed by atoms with E-state index in [1.54, 1.807) is 0 Å². The first kappa shape index (κ1) is 11.1. The van der Waals surface area contributed by atoms with Gasteiger partial charge in [0.25, 0.3) is 0 Å². The summed E-state index contributed by atoms with van der Waals surface area (Å²) in [5.74, 6) is 1.22. The Labute approximate surface area is 99.1 Å². The van der Waals surface area contributed by atoms with Crippen molar-refractivity contribution in [3.63, 3.8) is 0 Å². The molecule has 0 radical (unpaired) electrons. The third-order valence-electron chi connectivity index (χ3n) is 2.55. The first-order chi connectivity index (χ1) is 7.65. The number of halogens is 1. The number of aromatic nitrogens is 2. The van der Waals surface area contributed by atoms with E-state index in [0.717, 1.165) is 23.2 Å². The van der Waals surface area contributed by atoms with Crippen molar-refractivity contribution in [3.8, 4) is 0 Å². The Morgan fingerprint density at radius 1 is 1.56 bits per heavy atom. The standard InChI is InChI=1S/C12H13ClN2O/c1-8(2)12-14-11(13)10-9(5-7-16)4-3-6-15(10)12/h3-4,6-8H,5H2,1-2H3. The highest BCUT2D eigenvalue weighted by atomic mass is 35.5. The number of aldehydes is 1. The SMILES string of the molecule is CC(C)c1nc(Cl)c2c(CC=O)cccn12. The van der Waals surface area contributed by atoms with Gasteiger partial charge in [0.1, 0.15) is 12.1 Å². The van der Waals surface area contributed by atoms with E-state index in [9.17, 15) is 4.79 Å². The average Bonchev–Trinajstić information content (AvgIpc) is 2.58. The number of carbonyl (C=O) groups excluding carboxylic acids is 1. The van der Waals surface area contributed by atoms with Crippen LogP contribution >= 0.6 is 11.6 Å². The maximum absolute atomic E-state index is 10.6. The molecule has 84 valence electrons. The molecule has 16 heavy (non-hydrogen) atoms. The van der Waals surface area contributed by atoms with Crippen LogP contribution in [0.15, 0.2) is 18.3 Å². The van der Waals surface area contributed by atoms with E-state index in [2.05, 4.69) is 18.8 Å². The van der Waals surface area contributed by atoms with Crippen LogP contribution < -0.4 is 0 Å². The van der Waals surface area contributed by atoms with Gasteiger partial charge in [0, 0.05) is 18.5 Å². The number of nitrogens with zero attached hydrogens (tertiary/aromatic N) is 2. The molecule has 0 N–H and O–H groups in total. The molecule has 0 aliphatic rings. The number of fused-ring (bicyclic) bond motifs is 1. The van der Waals surface area contributed by atoms with E-state index in [1.807, 2.05) is 22.7 Å². The molecule has 0 amide bonds. The molecule has 2 heterocycles. The summed E-state index contributed by atoms with van der Waals surface area (Å²) in [6, 6.07) is 3.82. The predicted molar refractivity (Wildman–Crippen MR) is 64.1 cm³/mol. The minimum absolute atomic E-state index is 0.298. The largest absolute Gasteiger partial charge is 0.303 e. The summed E-state index contributed by atoms with van der Waals surface area (Å²) < 4.78 is 1.96. The Kier molecular flexibility index (Phi) is 2.97. The second kappa shape index (κ2) is 4.26. The minimum Gasteiger partial charge on any atom is -0.303 e. The summed E-state index contributed by atoms with van der Waals surface area (Å²) in [5, 5.41) is 0.473. The van der Waals surface area contributed by atoms with Gasteiger partial charge in [-0.25, -0.2) is 4.98 Å². The maximum atomic E-state index is 10.6. The van der Waals surface area contributed by atoms with Crippen molar-refractivity contribution in [2.24, 2.45) is 0 Å². The Bertz CT molecular complexity index is 531. The Morgan fingerprint density at radius 2 is 2.31 bits per heavy atom. The van der Waals surface area contributed by atoms with E-state index in [4.69, 9.17) is 11.6 Å². The molecular weight excluding hydrogens is 224 g/mol. The number of carbonyl (C=O) groups is 1. The van der Waals surface area contributed by atoms with Gasteiger partial charge in [-0.2, -0.15) is 0 Å². The van der Waals surface area contributed by atoms with Crippen molar-refractivity contribution in [2.75, 3.05) is 0 Å². The van der Waals surface area contributed by atoms with Crippen LogP contribution in [0.2, 0.25) is 5.15 Å². The van der Waals surface area contributed by atoms with E-state index < -0.39 is 0 Å². The fraction of sp³-hybridized carbons (Fsp3) is 0.333. The van der Waals surface area contributed by atoms with Gasteiger partial charge < -0.3 is 9.20 Å². The average molecular weight is 237 g/mol. The Morgan fingerprint density at radius 3 is 2.94 bits per heavy atom. The minimum atomic E-state index is 0.298. The molecule has 0 spiro atoms. The number of hydrogen-bond acceptors (Lipinski definition) is 2. The van der Waals surface area contributed by atoms with Crippen LogP contribution in [0.3, 0.4) is 0 Å². The maximum Gasteiger partial charge on any atom is 0.155 e. The molecule has 4 heteroatoms. The van der Waals surface area contributed by atoms with Crippen LogP contribution in [0, 0.1) is 0 Å². The molecular formula is C12H13ClN2O. The van der Waals surface area contributed by atoms with Crippen molar-refractivity contribution in [2.45, 2.75) is 26.2 Å². The van der Waals surface area contributed by atoms with Crippen LogP contribution in [0.5, 0.6) is 0 Å². The lowest BCUT2D eigenvalue weighted by atomic mass is 10.2. The number of imidazole rings is 1. The number of hydrogen-bond donors (Lipinski definition) is 0. The molecule has 2 rings (SSSR count). The summed E-state index contributed by atoms with van der Waals surface area (Å²) >= 11 is 6.11. The van der Waals surface area contributed by atoms with Crippen LogP contribution in [-0.4, -0.2) is 15.7 Å². The monoisotopic (exact) mass is 236 g/mol. The van der Waals surface area contributed by atoms with Crippen LogP contribution in [0.4, 0.5) is 0 Å². The fourth-order valence-electron chi connectivity index (χ4n) is 1.85. The lowest BCUT2D eigenvalue weighted by molar-refractivity contribution is -0.107. The number of rotatable bonds is 3. The summed E-state index contributed by atoms with van der Waals surface area (Å²) in [6.45, 7) is 4.13. The van der Waals surface area contributed by atoms with Gasteiger partial charge >= 0.3 is 0 Å². The zero-order chi connectivity index (χ0) is 11.7. The van der Waals surface area contributed by atoms with Gasteiger partial charge in [0.2, 0.25) is 0 Å². The topological polar surface area (TPSA) is 34.4 Å². The van der Waals surface area contributed by atoms with E-state index >= 15 is 0 Å². The third-order valence-corrected chi connectivity index (χ3v) is 2.82. The van der Waals surface area contributed by atoms with Gasteiger partial charge in [-0.15, -0.1) is 0 Å². The first-order valence-corrected chi connectivity index (χ1v) is 5.62. The van der Waals surface area contributed by atoms with Crippen molar-refractivity contribution in [1.29, 1.82) is 0 Å². The zero-order valence-corrected chi connectivity index (χ0v) is 10.0. The molecule has 0 aliphatic heterocycles. The van der Waals surface area contributed by atoms with Crippen molar-refractivity contribution < 1.29 is 4.79 Å². The van der Waals surface area contributed by atoms with E-state index in [-0.39, 0.29) is 0 Å². The predicted octanol–water partition coefficient (Wildman–Crippen LogP) is 2.85. The molecule has 2 aromatic rings. The Balaban J connectivity index is 2.73. The molecule has 0 unspecified atom stereocenters. The second-order valence-corrected chi connectivity index (χ2v) is 4.40. The second-order valence-electron chi connectivity index (χ2n) is 4.04. The highest BCUT2D eigenvalue weighted by Crippen LogP contribution is 2.25. The van der Waals surface area contributed by atoms with E-state index in [1.165, 1.54) is 0 Å². The fourth-order valence-corrected chi connectivity index (χ4v) is 2.14. The first-order valence-electron chi connectivity index (χ1n) is 5.24. The lowest BCUT2D eigenvalue weighted by Gasteiger charge is -2.05. The number of pyridine rings is 1. The highest BCUT2D eigenvalue weighted by molar-refractivity contribution is 6.33. The van der Waals surface area contributed by atoms with E-state index in [0.29, 0.717) is 17.5 Å². The molecule has 0 saturated heterocycles. The van der Waals surface area contributed by atoms with Gasteiger partial charge in [0.05, 0.1) is 5.52 Å². The van der Waals surface area contributed by atoms with Crippen molar-refractivity contribution in [3.05, 3.63) is 34.9 Å². The summed E-state index contributed by atoms with van der Waals surface area (Å²) in [7, 11) is 0. The van der Waals surface area contributed by atoms with Crippen LogP contribution in [-0.2, 0) is 11.2 Å². The smallest absolute Gasteiger partial charge is 0.155 e. The summed E-state index contributed by atoms with van der Waals surface area (Å²) in [4.78, 5) is 14.9. The molecule has 0 atom stereocenters. The quantitative estimate of drug-likeness (QED) is 0.768. The van der Waals surface area contributed by atoms with Gasteiger partial charge in [-0.05, 0) is 11.6 Å². The van der Waals surface area contributed by atoms with Gasteiger partial charge in [-0.3, -0.25) is 0 Å². The molecule has 0 bridgehead atoms. The van der Waals surface area contributed by atoms with Crippen LogP contribution in [0.25, 0.3) is 5.52 Å². The third kappa shape index (κ3) is 1.71. The van der Waals surface area contributed by atoms with Crippen LogP contribution in [0.1, 0.15) is 31.2 Å². The molecule has 0 aromatic carbocycles. The summed E-state index contributed by atoms with van der Waals surface area (Å²) in [6.07, 6.45) is 3.18. The highest BCUT2D eigenvalue weighted by Gasteiger charge is 2.14. The molecule has 0 saturated carbocycles.